The number of carbonyl (C=O) groups excluding carboxylic acids is 1. The first-order valence-corrected chi connectivity index (χ1v) is 13.3. The van der Waals surface area contributed by atoms with Gasteiger partial charge in [-0.05, 0) is 25.0 Å². The van der Waals surface area contributed by atoms with Gasteiger partial charge in [-0.3, -0.25) is 13.8 Å². The highest BCUT2D eigenvalue weighted by atomic mass is 32.2. The molecule has 0 aliphatic heterocycles. The Morgan fingerprint density at radius 1 is 1.29 bits per heavy atom. The normalized spacial score (nSPS) is 13.0. The molecular weight excluding hydrogens is 475 g/mol. The lowest BCUT2D eigenvalue weighted by Crippen LogP contribution is -2.36. The van der Waals surface area contributed by atoms with Crippen molar-refractivity contribution in [3.05, 3.63) is 35.6 Å². The van der Waals surface area contributed by atoms with Crippen molar-refractivity contribution in [1.29, 1.82) is 0 Å². The predicted molar refractivity (Wildman–Crippen MR) is 141 cm³/mol. The molecule has 1 saturated carbocycles. The molecule has 3 aromatic heterocycles. The number of halogens is 1. The van der Waals surface area contributed by atoms with Crippen LogP contribution in [0.5, 0.6) is 0 Å². The SMILES string of the molecule is CC.CC.COCCO.O=C(NC1CCCCC1)c1cc(-c2cncs2)nc2ccn(SF)c12. The minimum absolute atomic E-state index is 0.0729. The Bertz CT molecular complexity index is 943. The molecule has 1 aliphatic carbocycles. The number of nitrogens with zero attached hydrogens (tertiary/aromatic N) is 3. The Morgan fingerprint density at radius 2 is 2.00 bits per heavy atom. The topological polar surface area (TPSA) is 89.3 Å². The lowest BCUT2D eigenvalue weighted by atomic mass is 9.95. The number of amides is 1. The van der Waals surface area contributed by atoms with Crippen molar-refractivity contribution >= 4 is 40.6 Å². The second-order valence-corrected chi connectivity index (χ2v) is 8.31. The van der Waals surface area contributed by atoms with Crippen LogP contribution in [-0.2, 0) is 4.74 Å². The predicted octanol–water partition coefficient (Wildman–Crippen LogP) is 6.28. The number of hydrogen-bond donors (Lipinski definition) is 2. The van der Waals surface area contributed by atoms with Gasteiger partial charge in [0.2, 0.25) is 0 Å². The highest BCUT2D eigenvalue weighted by Gasteiger charge is 2.22. The van der Waals surface area contributed by atoms with Gasteiger partial charge < -0.3 is 15.2 Å². The Hall–Kier alpha value is -2.01. The lowest BCUT2D eigenvalue weighted by molar-refractivity contribution is 0.0929. The monoisotopic (exact) mass is 512 g/mol. The number of aliphatic hydroxyl groups is 1. The van der Waals surface area contributed by atoms with E-state index in [1.54, 1.807) is 37.1 Å². The van der Waals surface area contributed by atoms with Gasteiger partial charge in [-0.2, -0.15) is 0 Å². The molecule has 0 spiro atoms. The van der Waals surface area contributed by atoms with E-state index in [1.165, 1.54) is 21.7 Å². The highest BCUT2D eigenvalue weighted by Crippen LogP contribution is 2.30. The quantitative estimate of drug-likeness (QED) is 0.404. The maximum Gasteiger partial charge on any atom is 0.253 e. The smallest absolute Gasteiger partial charge is 0.253 e. The number of fused-ring (bicyclic) bond motifs is 1. The number of rotatable bonds is 6. The zero-order valence-corrected chi connectivity index (χ0v) is 22.3. The minimum atomic E-state index is -0.168. The zero-order valence-electron chi connectivity index (χ0n) is 20.7. The number of methoxy groups -OCH3 is 1. The third-order valence-corrected chi connectivity index (χ3v) is 6.10. The fourth-order valence-electron chi connectivity index (χ4n) is 3.42. The van der Waals surface area contributed by atoms with Gasteiger partial charge in [-0.1, -0.05) is 47.0 Å². The van der Waals surface area contributed by atoms with Gasteiger partial charge >= 0.3 is 0 Å². The van der Waals surface area contributed by atoms with Crippen molar-refractivity contribution in [1.82, 2.24) is 19.3 Å². The summed E-state index contributed by atoms with van der Waals surface area (Å²) in [5.41, 5.74) is 3.98. The molecule has 7 nitrogen and oxygen atoms in total. The van der Waals surface area contributed by atoms with E-state index in [1.807, 2.05) is 27.7 Å². The van der Waals surface area contributed by atoms with Crippen molar-refractivity contribution in [2.45, 2.75) is 65.8 Å². The Morgan fingerprint density at radius 3 is 2.53 bits per heavy atom. The third-order valence-electron chi connectivity index (χ3n) is 4.85. The largest absolute Gasteiger partial charge is 0.394 e. The van der Waals surface area contributed by atoms with Crippen molar-refractivity contribution in [2.75, 3.05) is 20.3 Å². The molecule has 10 heteroatoms. The number of thiazole rings is 1. The molecule has 3 aromatic rings. The van der Waals surface area contributed by atoms with Crippen LogP contribution in [0.3, 0.4) is 0 Å². The Labute approximate surface area is 210 Å². The molecule has 34 heavy (non-hydrogen) atoms. The number of hydrogen-bond acceptors (Lipinski definition) is 7. The Balaban J connectivity index is 0.000000563. The summed E-state index contributed by atoms with van der Waals surface area (Å²) in [5, 5.41) is 11.1. The molecule has 4 rings (SSSR count). The van der Waals surface area contributed by atoms with Crippen LogP contribution >= 0.6 is 23.7 Å². The summed E-state index contributed by atoms with van der Waals surface area (Å²) < 4.78 is 19.1. The van der Waals surface area contributed by atoms with E-state index in [0.29, 0.717) is 28.9 Å². The van der Waals surface area contributed by atoms with E-state index >= 15 is 0 Å². The molecular formula is C24H37FN4O3S2. The van der Waals surface area contributed by atoms with Crippen LogP contribution in [0.4, 0.5) is 3.89 Å². The summed E-state index contributed by atoms with van der Waals surface area (Å²) >= 11 is 1.53. The van der Waals surface area contributed by atoms with Crippen LogP contribution in [0, 0.1) is 0 Å². The zero-order chi connectivity index (χ0) is 25.3. The third kappa shape index (κ3) is 8.65. The van der Waals surface area contributed by atoms with E-state index in [9.17, 15) is 8.68 Å². The van der Waals surface area contributed by atoms with Crippen LogP contribution in [0.1, 0.15) is 70.2 Å². The summed E-state index contributed by atoms with van der Waals surface area (Å²) in [6.45, 7) is 8.57. The van der Waals surface area contributed by atoms with Gasteiger partial charge in [0.1, 0.15) is 0 Å². The number of aliphatic hydroxyl groups excluding tert-OH is 1. The van der Waals surface area contributed by atoms with Crippen molar-refractivity contribution in [3.63, 3.8) is 0 Å². The average molecular weight is 513 g/mol. The summed E-state index contributed by atoms with van der Waals surface area (Å²) in [6, 6.07) is 3.66. The molecule has 0 saturated heterocycles. The van der Waals surface area contributed by atoms with Crippen molar-refractivity contribution in [2.24, 2.45) is 0 Å². The molecule has 190 valence electrons. The number of aromatic nitrogens is 3. The highest BCUT2D eigenvalue weighted by molar-refractivity contribution is 7.92. The number of pyridine rings is 1. The van der Waals surface area contributed by atoms with E-state index < -0.39 is 0 Å². The summed E-state index contributed by atoms with van der Waals surface area (Å²) in [5.74, 6) is -0.168. The van der Waals surface area contributed by atoms with Gasteiger partial charge in [0, 0.05) is 25.5 Å². The second kappa shape index (κ2) is 17.4. The van der Waals surface area contributed by atoms with Gasteiger partial charge in [-0.15, -0.1) is 15.2 Å². The van der Waals surface area contributed by atoms with Crippen molar-refractivity contribution in [3.8, 4) is 10.6 Å². The molecule has 0 radical (unpaired) electrons. The maximum absolute atomic E-state index is 13.3. The van der Waals surface area contributed by atoms with Crippen LogP contribution < -0.4 is 5.32 Å². The first-order chi connectivity index (χ1) is 16.7. The summed E-state index contributed by atoms with van der Waals surface area (Å²) in [6.07, 6.45) is 8.82. The van der Waals surface area contributed by atoms with Crippen molar-refractivity contribution < 1.29 is 18.5 Å². The van der Waals surface area contributed by atoms with Gasteiger partial charge in [0.25, 0.3) is 5.91 Å². The number of ether oxygens (including phenoxy) is 1. The minimum Gasteiger partial charge on any atom is -0.394 e. The molecule has 1 aliphatic rings. The molecule has 0 bridgehead atoms. The number of carbonyl (C=O) groups is 1. The Kier molecular flexibility index (Phi) is 15.4. The molecule has 1 fully saturated rings. The van der Waals surface area contributed by atoms with Crippen LogP contribution in [0.25, 0.3) is 21.6 Å². The molecule has 3 heterocycles. The van der Waals surface area contributed by atoms with Crippen LogP contribution in [0.2, 0.25) is 0 Å². The molecule has 0 atom stereocenters. The lowest BCUT2D eigenvalue weighted by Gasteiger charge is -2.23. The molecule has 0 unspecified atom stereocenters. The van der Waals surface area contributed by atoms with Gasteiger partial charge in [0.05, 0.1) is 45.9 Å². The second-order valence-electron chi connectivity index (χ2n) is 6.89. The first-order valence-electron chi connectivity index (χ1n) is 11.8. The van der Waals surface area contributed by atoms with E-state index in [2.05, 4.69) is 20.0 Å². The summed E-state index contributed by atoms with van der Waals surface area (Å²) in [4.78, 5) is 22.4. The molecule has 2 N–H and O–H groups in total. The number of nitrogens with one attached hydrogen (secondary N) is 1. The fourth-order valence-corrected chi connectivity index (χ4v) is 4.37. The maximum atomic E-state index is 13.3. The van der Waals surface area contributed by atoms with Gasteiger partial charge in [-0.25, -0.2) is 4.98 Å². The first kappa shape index (κ1) is 30.0. The van der Waals surface area contributed by atoms with E-state index in [0.717, 1.165) is 30.6 Å². The van der Waals surface area contributed by atoms with E-state index in [-0.39, 0.29) is 30.9 Å². The van der Waals surface area contributed by atoms with Crippen LogP contribution in [0.15, 0.2) is 30.0 Å². The van der Waals surface area contributed by atoms with Crippen LogP contribution in [-0.4, -0.2) is 51.3 Å². The standard InChI is InChI=1S/C17H17FN4OS2.C3H8O2.2C2H6/c18-25-22-7-6-13-16(22)12(8-14(21-13)15-9-19-10-24-15)17(23)20-11-4-2-1-3-5-11;1-5-3-2-4;2*1-2/h6-11H,1-5H2,(H,20,23);4H,2-3H2,1H3;2*1-2H3. The molecule has 1 amide bonds. The fraction of sp³-hybridized carbons (Fsp3) is 0.542. The summed E-state index contributed by atoms with van der Waals surface area (Å²) in [7, 11) is 1.55. The average Bonchev–Trinajstić information content (AvgIpc) is 3.58. The van der Waals surface area contributed by atoms with E-state index in [4.69, 9.17) is 5.11 Å². The van der Waals surface area contributed by atoms with Gasteiger partial charge in [0.15, 0.2) is 12.3 Å². The molecule has 0 aromatic carbocycles.